The van der Waals surface area contributed by atoms with E-state index in [0.717, 1.165) is 15.4 Å². The minimum absolute atomic E-state index is 0.119. The van der Waals surface area contributed by atoms with Gasteiger partial charge in [-0.15, -0.1) is 0 Å². The molecule has 0 aromatic heterocycles. The Kier molecular flexibility index (Phi) is 4.40. The zero-order chi connectivity index (χ0) is 17.3. The lowest BCUT2D eigenvalue weighted by Crippen LogP contribution is -2.42. The summed E-state index contributed by atoms with van der Waals surface area (Å²) in [7, 11) is -2.44. The number of hydrogen-bond donors (Lipinski definition) is 1. The van der Waals surface area contributed by atoms with Gasteiger partial charge in [0.05, 0.1) is 11.4 Å². The van der Waals surface area contributed by atoms with Crippen molar-refractivity contribution in [3.63, 3.8) is 0 Å². The first-order chi connectivity index (χ1) is 11.4. The Hall–Kier alpha value is -2.22. The van der Waals surface area contributed by atoms with Crippen LogP contribution in [0.1, 0.15) is 6.42 Å². The van der Waals surface area contributed by atoms with Gasteiger partial charge < -0.3 is 0 Å². The van der Waals surface area contributed by atoms with E-state index in [4.69, 9.17) is 0 Å². The smallest absolute Gasteiger partial charge is 0.264 e. The van der Waals surface area contributed by atoms with E-state index in [0.29, 0.717) is 5.06 Å². The Bertz CT molecular complexity index is 835. The fraction of sp³-hybridized carbons (Fsp3) is 0.235. The Morgan fingerprint density at radius 3 is 2.17 bits per heavy atom. The minimum atomic E-state index is -3.80. The van der Waals surface area contributed by atoms with E-state index in [9.17, 15) is 18.4 Å². The van der Waals surface area contributed by atoms with Gasteiger partial charge in [0, 0.05) is 7.05 Å². The number of carbonyl (C=O) groups is 1. The number of hydroxylamine groups is 2. The van der Waals surface area contributed by atoms with Crippen LogP contribution in [-0.4, -0.2) is 48.5 Å². The van der Waals surface area contributed by atoms with Crippen molar-refractivity contribution in [3.8, 4) is 11.1 Å². The molecule has 1 aliphatic rings. The average molecular weight is 346 g/mol. The summed E-state index contributed by atoms with van der Waals surface area (Å²) in [5.74, 6) is -0.595. The molecule has 1 N–H and O–H groups in total. The summed E-state index contributed by atoms with van der Waals surface area (Å²) >= 11 is 0. The van der Waals surface area contributed by atoms with E-state index < -0.39 is 22.0 Å². The standard InChI is InChI=1S/C17H18N2O4S/c1-18(16-11-12-19(21)17(16)20)24(22,23)15-9-7-14(8-10-15)13-5-3-2-4-6-13/h2-10,16,21H,11-12H2,1H3/t16-/m1/s1. The van der Waals surface area contributed by atoms with Crippen LogP contribution in [0, 0.1) is 0 Å². The number of benzene rings is 2. The molecule has 0 saturated carbocycles. The van der Waals surface area contributed by atoms with Gasteiger partial charge in [-0.2, -0.15) is 4.31 Å². The van der Waals surface area contributed by atoms with Crippen molar-refractivity contribution in [2.75, 3.05) is 13.6 Å². The number of hydrogen-bond acceptors (Lipinski definition) is 4. The summed E-state index contributed by atoms with van der Waals surface area (Å²) < 4.78 is 26.4. The molecular formula is C17H18N2O4S. The first kappa shape index (κ1) is 16.6. The highest BCUT2D eigenvalue weighted by Crippen LogP contribution is 2.25. The molecule has 0 unspecified atom stereocenters. The summed E-state index contributed by atoms with van der Waals surface area (Å²) in [5, 5.41) is 9.94. The summed E-state index contributed by atoms with van der Waals surface area (Å²) in [6.07, 6.45) is 0.271. The van der Waals surface area contributed by atoms with Crippen LogP contribution in [0.25, 0.3) is 11.1 Å². The van der Waals surface area contributed by atoms with Gasteiger partial charge in [-0.1, -0.05) is 42.5 Å². The predicted molar refractivity (Wildman–Crippen MR) is 88.7 cm³/mol. The third kappa shape index (κ3) is 2.93. The molecular weight excluding hydrogens is 328 g/mol. The molecule has 0 radical (unpaired) electrons. The number of nitrogens with zero attached hydrogens (tertiary/aromatic N) is 2. The molecule has 1 atom stereocenters. The van der Waals surface area contributed by atoms with Crippen LogP contribution in [0.3, 0.4) is 0 Å². The molecule has 3 rings (SSSR count). The number of amides is 1. The molecule has 0 aliphatic carbocycles. The zero-order valence-corrected chi connectivity index (χ0v) is 14.0. The van der Waals surface area contributed by atoms with Crippen LogP contribution in [-0.2, 0) is 14.8 Å². The normalized spacial score (nSPS) is 18.4. The lowest BCUT2D eigenvalue weighted by molar-refractivity contribution is -0.159. The highest BCUT2D eigenvalue weighted by Gasteiger charge is 2.39. The minimum Gasteiger partial charge on any atom is -0.286 e. The second-order valence-electron chi connectivity index (χ2n) is 5.68. The molecule has 2 aromatic rings. The predicted octanol–water partition coefficient (Wildman–Crippen LogP) is 1.96. The van der Waals surface area contributed by atoms with Crippen LogP contribution in [0.4, 0.5) is 0 Å². The third-order valence-electron chi connectivity index (χ3n) is 4.23. The molecule has 126 valence electrons. The van der Waals surface area contributed by atoms with Gasteiger partial charge in [0.25, 0.3) is 5.91 Å². The Labute approximate surface area is 140 Å². The van der Waals surface area contributed by atoms with Crippen molar-refractivity contribution in [2.24, 2.45) is 0 Å². The van der Waals surface area contributed by atoms with E-state index in [-0.39, 0.29) is 17.9 Å². The maximum absolute atomic E-state index is 12.7. The fourth-order valence-corrected chi connectivity index (χ4v) is 4.11. The lowest BCUT2D eigenvalue weighted by atomic mass is 10.1. The molecule has 1 amide bonds. The molecule has 1 fully saturated rings. The number of sulfonamides is 1. The largest absolute Gasteiger partial charge is 0.286 e. The first-order valence-corrected chi connectivity index (χ1v) is 8.99. The monoisotopic (exact) mass is 346 g/mol. The van der Waals surface area contributed by atoms with Crippen LogP contribution in [0.15, 0.2) is 59.5 Å². The van der Waals surface area contributed by atoms with Gasteiger partial charge in [0.15, 0.2) is 0 Å². The SMILES string of the molecule is CN([C@@H]1CCN(O)C1=O)S(=O)(=O)c1ccc(-c2ccccc2)cc1. The Balaban J connectivity index is 1.86. The van der Waals surface area contributed by atoms with Crippen molar-refractivity contribution in [2.45, 2.75) is 17.4 Å². The molecule has 1 aliphatic heterocycles. The molecule has 2 aromatic carbocycles. The quantitative estimate of drug-likeness (QED) is 0.859. The number of likely N-dealkylation sites (N-methyl/N-ethyl adjacent to an activating group) is 1. The molecule has 1 saturated heterocycles. The van der Waals surface area contributed by atoms with E-state index in [1.807, 2.05) is 30.3 Å². The maximum Gasteiger partial charge on any atom is 0.264 e. The number of carbonyl (C=O) groups excluding carboxylic acids is 1. The second kappa shape index (κ2) is 6.35. The van der Waals surface area contributed by atoms with Gasteiger partial charge in [0.2, 0.25) is 10.0 Å². The van der Waals surface area contributed by atoms with Gasteiger partial charge >= 0.3 is 0 Å². The van der Waals surface area contributed by atoms with Crippen molar-refractivity contribution < 1.29 is 18.4 Å². The van der Waals surface area contributed by atoms with Crippen molar-refractivity contribution >= 4 is 15.9 Å². The number of rotatable bonds is 4. The molecule has 0 bridgehead atoms. The summed E-state index contributed by atoms with van der Waals surface area (Å²) in [6.45, 7) is 0.135. The highest BCUT2D eigenvalue weighted by molar-refractivity contribution is 7.89. The van der Waals surface area contributed by atoms with Gasteiger partial charge in [-0.3, -0.25) is 10.0 Å². The van der Waals surface area contributed by atoms with E-state index in [1.165, 1.54) is 19.2 Å². The van der Waals surface area contributed by atoms with E-state index >= 15 is 0 Å². The van der Waals surface area contributed by atoms with E-state index in [2.05, 4.69) is 0 Å². The van der Waals surface area contributed by atoms with Crippen LogP contribution in [0.5, 0.6) is 0 Å². The first-order valence-electron chi connectivity index (χ1n) is 7.55. The average Bonchev–Trinajstić information content (AvgIpc) is 2.94. The Morgan fingerprint density at radius 2 is 1.62 bits per heavy atom. The van der Waals surface area contributed by atoms with Gasteiger partial charge in [-0.25, -0.2) is 13.5 Å². The summed E-state index contributed by atoms with van der Waals surface area (Å²) in [4.78, 5) is 12.0. The van der Waals surface area contributed by atoms with E-state index in [1.54, 1.807) is 12.1 Å². The van der Waals surface area contributed by atoms with Crippen LogP contribution in [0.2, 0.25) is 0 Å². The maximum atomic E-state index is 12.7. The fourth-order valence-electron chi connectivity index (χ4n) is 2.77. The molecule has 24 heavy (non-hydrogen) atoms. The van der Waals surface area contributed by atoms with Crippen LogP contribution >= 0.6 is 0 Å². The van der Waals surface area contributed by atoms with Crippen molar-refractivity contribution in [3.05, 3.63) is 54.6 Å². The summed E-state index contributed by atoms with van der Waals surface area (Å²) in [6, 6.07) is 15.3. The molecule has 6 nitrogen and oxygen atoms in total. The van der Waals surface area contributed by atoms with Crippen LogP contribution < -0.4 is 0 Å². The van der Waals surface area contributed by atoms with Gasteiger partial charge in [0.1, 0.15) is 6.04 Å². The van der Waals surface area contributed by atoms with Crippen molar-refractivity contribution in [1.82, 2.24) is 9.37 Å². The molecule has 0 spiro atoms. The lowest BCUT2D eigenvalue weighted by Gasteiger charge is -2.22. The molecule has 7 heteroatoms. The van der Waals surface area contributed by atoms with Crippen molar-refractivity contribution in [1.29, 1.82) is 0 Å². The second-order valence-corrected chi connectivity index (χ2v) is 7.68. The highest BCUT2D eigenvalue weighted by atomic mass is 32.2. The topological polar surface area (TPSA) is 77.9 Å². The summed E-state index contributed by atoms with van der Waals surface area (Å²) in [5.41, 5.74) is 1.91. The Morgan fingerprint density at radius 1 is 1.04 bits per heavy atom. The van der Waals surface area contributed by atoms with Gasteiger partial charge in [-0.05, 0) is 29.7 Å². The zero-order valence-electron chi connectivity index (χ0n) is 13.2. The third-order valence-corrected chi connectivity index (χ3v) is 6.11. The molecule has 1 heterocycles.